The summed E-state index contributed by atoms with van der Waals surface area (Å²) in [5, 5.41) is 12.2. The lowest BCUT2D eigenvalue weighted by Crippen LogP contribution is -2.46. The Labute approximate surface area is 103 Å². The molecule has 1 N–H and O–H groups in total. The third kappa shape index (κ3) is 4.08. The molecule has 0 bridgehead atoms. The van der Waals surface area contributed by atoms with Gasteiger partial charge in [0, 0.05) is 0 Å². The molecule has 92 valence electrons. The van der Waals surface area contributed by atoms with Gasteiger partial charge in [-0.15, -0.1) is 0 Å². The van der Waals surface area contributed by atoms with Crippen molar-refractivity contribution < 1.29 is 4.74 Å². The lowest BCUT2D eigenvalue weighted by atomic mass is 10.1. The van der Waals surface area contributed by atoms with Gasteiger partial charge in [-0.1, -0.05) is 13.0 Å². The summed E-state index contributed by atoms with van der Waals surface area (Å²) in [6, 6.07) is 8.31. The Morgan fingerprint density at radius 2 is 1.88 bits per heavy atom. The lowest BCUT2D eigenvalue weighted by molar-refractivity contribution is 0.236. The van der Waals surface area contributed by atoms with Crippen molar-refractivity contribution in [3.8, 4) is 11.8 Å². The molecule has 0 spiro atoms. The molecule has 1 atom stereocenters. The number of nitrogens with zero attached hydrogens (tertiary/aromatic N) is 1. The van der Waals surface area contributed by atoms with Crippen LogP contribution in [0.2, 0.25) is 0 Å². The third-order valence-corrected chi connectivity index (χ3v) is 2.54. The fourth-order valence-corrected chi connectivity index (χ4v) is 1.76. The fraction of sp³-hybridized carbons (Fsp3) is 0.500. The van der Waals surface area contributed by atoms with Crippen molar-refractivity contribution in [1.29, 1.82) is 5.26 Å². The molecule has 1 unspecified atom stereocenters. The molecule has 0 fully saturated rings. The number of likely N-dealkylation sites (N-methyl/N-ethyl adjacent to an activating group) is 1. The number of aryl methyl sites for hydroxylation is 2. The normalized spacial score (nSPS) is 13.8. The minimum absolute atomic E-state index is 0.347. The van der Waals surface area contributed by atoms with Gasteiger partial charge < -0.3 is 4.74 Å². The smallest absolute Gasteiger partial charge is 0.138 e. The van der Waals surface area contributed by atoms with Crippen molar-refractivity contribution in [2.45, 2.75) is 33.2 Å². The summed E-state index contributed by atoms with van der Waals surface area (Å²) < 4.78 is 5.69. The summed E-state index contributed by atoms with van der Waals surface area (Å²) in [4.78, 5) is 0. The SMILES string of the molecule is CCNC(C)(C#N)COc1cc(C)cc(C)c1. The van der Waals surface area contributed by atoms with Crippen molar-refractivity contribution >= 4 is 0 Å². The van der Waals surface area contributed by atoms with Gasteiger partial charge in [-0.25, -0.2) is 0 Å². The Morgan fingerprint density at radius 3 is 2.35 bits per heavy atom. The van der Waals surface area contributed by atoms with Crippen LogP contribution in [0.5, 0.6) is 5.75 Å². The van der Waals surface area contributed by atoms with Crippen LogP contribution in [0.4, 0.5) is 0 Å². The molecule has 1 rings (SSSR count). The monoisotopic (exact) mass is 232 g/mol. The van der Waals surface area contributed by atoms with Crippen molar-refractivity contribution in [3.63, 3.8) is 0 Å². The summed E-state index contributed by atoms with van der Waals surface area (Å²) in [5.41, 5.74) is 1.70. The van der Waals surface area contributed by atoms with Crippen molar-refractivity contribution in [2.24, 2.45) is 0 Å². The predicted molar refractivity (Wildman–Crippen MR) is 69.1 cm³/mol. The molecular formula is C14H20N2O. The molecule has 0 radical (unpaired) electrons. The van der Waals surface area contributed by atoms with E-state index < -0.39 is 5.54 Å². The molecule has 1 aromatic rings. The molecule has 3 heteroatoms. The van der Waals surface area contributed by atoms with Gasteiger partial charge in [-0.05, 0) is 50.6 Å². The quantitative estimate of drug-likeness (QED) is 0.848. The van der Waals surface area contributed by atoms with Crippen LogP contribution in [-0.2, 0) is 0 Å². The van der Waals surface area contributed by atoms with E-state index in [1.54, 1.807) is 0 Å². The van der Waals surface area contributed by atoms with Gasteiger partial charge >= 0.3 is 0 Å². The van der Waals surface area contributed by atoms with Crippen molar-refractivity contribution in [2.75, 3.05) is 13.2 Å². The first-order valence-corrected chi connectivity index (χ1v) is 5.86. The topological polar surface area (TPSA) is 45.0 Å². The Morgan fingerprint density at radius 1 is 1.29 bits per heavy atom. The predicted octanol–water partition coefficient (Wildman–Crippen LogP) is 2.57. The van der Waals surface area contributed by atoms with Gasteiger partial charge in [-0.3, -0.25) is 5.32 Å². The van der Waals surface area contributed by atoms with Gasteiger partial charge in [0.25, 0.3) is 0 Å². The molecule has 17 heavy (non-hydrogen) atoms. The van der Waals surface area contributed by atoms with Crippen molar-refractivity contribution in [3.05, 3.63) is 29.3 Å². The highest BCUT2D eigenvalue weighted by molar-refractivity contribution is 5.33. The number of hydrogen-bond acceptors (Lipinski definition) is 3. The first kappa shape index (κ1) is 13.5. The number of nitrogens with one attached hydrogen (secondary N) is 1. The van der Waals surface area contributed by atoms with Crippen LogP contribution in [0.25, 0.3) is 0 Å². The molecule has 0 saturated carbocycles. The maximum Gasteiger partial charge on any atom is 0.138 e. The van der Waals surface area contributed by atoms with Gasteiger partial charge in [0.2, 0.25) is 0 Å². The van der Waals surface area contributed by atoms with E-state index in [9.17, 15) is 0 Å². The van der Waals surface area contributed by atoms with Crippen LogP contribution in [0, 0.1) is 25.2 Å². The van der Waals surface area contributed by atoms with Gasteiger partial charge in [-0.2, -0.15) is 5.26 Å². The highest BCUT2D eigenvalue weighted by atomic mass is 16.5. The highest BCUT2D eigenvalue weighted by Crippen LogP contribution is 2.17. The molecule has 0 amide bonds. The van der Waals surface area contributed by atoms with Crippen LogP contribution in [0.1, 0.15) is 25.0 Å². The van der Waals surface area contributed by atoms with Gasteiger partial charge in [0.15, 0.2) is 0 Å². The molecule has 0 aliphatic carbocycles. The van der Waals surface area contributed by atoms with Crippen molar-refractivity contribution in [1.82, 2.24) is 5.32 Å². The van der Waals surface area contributed by atoms with E-state index in [2.05, 4.69) is 17.5 Å². The second-order valence-electron chi connectivity index (χ2n) is 4.59. The fourth-order valence-electron chi connectivity index (χ4n) is 1.76. The average Bonchev–Trinajstić information content (AvgIpc) is 2.26. The van der Waals surface area contributed by atoms with Gasteiger partial charge in [0.1, 0.15) is 17.9 Å². The number of hydrogen-bond donors (Lipinski definition) is 1. The Balaban J connectivity index is 2.69. The Kier molecular flexibility index (Phi) is 4.53. The maximum absolute atomic E-state index is 9.11. The first-order valence-electron chi connectivity index (χ1n) is 5.86. The second kappa shape index (κ2) is 5.70. The van der Waals surface area contributed by atoms with E-state index in [0.717, 1.165) is 12.3 Å². The zero-order chi connectivity index (χ0) is 12.9. The number of benzene rings is 1. The number of nitriles is 1. The summed E-state index contributed by atoms with van der Waals surface area (Å²) in [7, 11) is 0. The number of rotatable bonds is 5. The molecule has 0 aliphatic heterocycles. The summed E-state index contributed by atoms with van der Waals surface area (Å²) in [6.45, 7) is 8.99. The van der Waals surface area contributed by atoms with Crippen LogP contribution in [0.3, 0.4) is 0 Å². The second-order valence-corrected chi connectivity index (χ2v) is 4.59. The minimum atomic E-state index is -0.633. The molecule has 0 aromatic heterocycles. The molecule has 0 saturated heterocycles. The van der Waals surface area contributed by atoms with Gasteiger partial charge in [0.05, 0.1) is 6.07 Å². The Hall–Kier alpha value is -1.53. The van der Waals surface area contributed by atoms with Crippen LogP contribution in [0.15, 0.2) is 18.2 Å². The molecule has 1 aromatic carbocycles. The molecule has 0 heterocycles. The molecule has 0 aliphatic rings. The third-order valence-electron chi connectivity index (χ3n) is 2.54. The van der Waals surface area contributed by atoms with E-state index >= 15 is 0 Å². The van der Waals surface area contributed by atoms with E-state index in [1.165, 1.54) is 11.1 Å². The van der Waals surface area contributed by atoms with Crippen LogP contribution < -0.4 is 10.1 Å². The van der Waals surface area contributed by atoms with E-state index in [-0.39, 0.29) is 0 Å². The average molecular weight is 232 g/mol. The maximum atomic E-state index is 9.11. The number of ether oxygens (including phenoxy) is 1. The summed E-state index contributed by atoms with van der Waals surface area (Å²) >= 11 is 0. The minimum Gasteiger partial charge on any atom is -0.491 e. The highest BCUT2D eigenvalue weighted by Gasteiger charge is 2.23. The zero-order valence-corrected chi connectivity index (χ0v) is 11.0. The van der Waals surface area contributed by atoms with E-state index in [0.29, 0.717) is 6.61 Å². The first-order chi connectivity index (χ1) is 7.99. The standard InChI is InChI=1S/C14H20N2O/c1-5-16-14(4,9-15)10-17-13-7-11(2)6-12(3)8-13/h6-8,16H,5,10H2,1-4H3. The van der Waals surface area contributed by atoms with Crippen LogP contribution >= 0.6 is 0 Å². The molecule has 3 nitrogen and oxygen atoms in total. The summed E-state index contributed by atoms with van der Waals surface area (Å²) in [6.07, 6.45) is 0. The summed E-state index contributed by atoms with van der Waals surface area (Å²) in [5.74, 6) is 0.821. The van der Waals surface area contributed by atoms with E-state index in [4.69, 9.17) is 10.00 Å². The van der Waals surface area contributed by atoms with Crippen LogP contribution in [-0.4, -0.2) is 18.7 Å². The largest absolute Gasteiger partial charge is 0.491 e. The Bertz CT molecular complexity index is 402. The molecular weight excluding hydrogens is 212 g/mol. The zero-order valence-electron chi connectivity index (χ0n) is 11.0. The lowest BCUT2D eigenvalue weighted by Gasteiger charge is -2.22. The van der Waals surface area contributed by atoms with E-state index in [1.807, 2.05) is 39.8 Å².